The van der Waals surface area contributed by atoms with Gasteiger partial charge in [-0.25, -0.2) is 0 Å². The van der Waals surface area contributed by atoms with Crippen LogP contribution < -0.4 is 32.7 Å². The Morgan fingerprint density at radius 3 is 1.80 bits per heavy atom. The molecule has 14 nitrogen and oxygen atoms in total. The Balaban J connectivity index is 2.22. The summed E-state index contributed by atoms with van der Waals surface area (Å²) < 4.78 is 0. The minimum Gasteiger partial charge on any atom is -0.481 e. The zero-order chi connectivity index (χ0) is 33.7. The quantitative estimate of drug-likeness (QED) is 0.123. The van der Waals surface area contributed by atoms with Crippen LogP contribution in [-0.4, -0.2) is 70.7 Å². The Bertz CT molecular complexity index is 1380. The van der Waals surface area contributed by atoms with E-state index in [0.29, 0.717) is 5.56 Å². The number of benzene rings is 2. The molecule has 4 unspecified atom stereocenters. The monoisotopic (exact) mass is 624 g/mol. The fourth-order valence-corrected chi connectivity index (χ4v) is 4.30. The van der Waals surface area contributed by atoms with Crippen LogP contribution in [0.4, 0.5) is 0 Å². The van der Waals surface area contributed by atoms with E-state index in [1.54, 1.807) is 26.0 Å². The lowest BCUT2D eigenvalue weighted by Gasteiger charge is -2.25. The topological polar surface area (TPSA) is 240 Å². The smallest absolute Gasteiger partial charge is 0.303 e. The van der Waals surface area contributed by atoms with E-state index in [1.807, 2.05) is 42.5 Å². The standard InChI is InChI=1S/C31H40N6O8/c1-17(2)27(28(33)42)37-29(43)18(3)34-30(44)23(16-24(32)38)36-31(45)22(35-25(39)13-14-26(40)41)15-19-9-11-21(12-10-19)20-7-5-4-6-8-20/h4-12,17-18,22-23,27H,13-16H2,1-3H3,(H2,32,38)(H2,33,42)(H,34,44)(H,35,39)(H,36,45)(H,37,43)(H,40,41). The number of hydrogen-bond acceptors (Lipinski definition) is 7. The van der Waals surface area contributed by atoms with Crippen molar-refractivity contribution in [3.63, 3.8) is 0 Å². The number of amides is 6. The van der Waals surface area contributed by atoms with Crippen LogP contribution in [-0.2, 0) is 40.0 Å². The molecule has 242 valence electrons. The first-order valence-corrected chi connectivity index (χ1v) is 14.3. The molecule has 0 radical (unpaired) electrons. The number of carboxylic acid groups (broad SMARTS) is 1. The van der Waals surface area contributed by atoms with E-state index in [-0.39, 0.29) is 12.3 Å². The van der Waals surface area contributed by atoms with Crippen molar-refractivity contribution in [2.75, 3.05) is 0 Å². The van der Waals surface area contributed by atoms with Crippen LogP contribution in [0.2, 0.25) is 0 Å². The predicted molar refractivity (Wildman–Crippen MR) is 164 cm³/mol. The molecular formula is C31H40N6O8. The summed E-state index contributed by atoms with van der Waals surface area (Å²) in [6.07, 6.45) is -1.53. The summed E-state index contributed by atoms with van der Waals surface area (Å²) in [7, 11) is 0. The molecule has 0 bridgehead atoms. The molecule has 6 amide bonds. The van der Waals surface area contributed by atoms with Gasteiger partial charge in [-0.3, -0.25) is 33.6 Å². The Labute approximate surface area is 260 Å². The van der Waals surface area contributed by atoms with Crippen molar-refractivity contribution in [1.29, 1.82) is 0 Å². The predicted octanol–water partition coefficient (Wildman–Crippen LogP) is -0.263. The molecule has 2 aromatic carbocycles. The fourth-order valence-electron chi connectivity index (χ4n) is 4.30. The first kappa shape index (κ1) is 35.9. The van der Waals surface area contributed by atoms with Crippen LogP contribution in [0.1, 0.15) is 45.6 Å². The van der Waals surface area contributed by atoms with E-state index in [2.05, 4.69) is 21.3 Å². The number of carbonyl (C=O) groups is 7. The lowest BCUT2D eigenvalue weighted by molar-refractivity contribution is -0.139. The van der Waals surface area contributed by atoms with Crippen LogP contribution in [0.15, 0.2) is 54.6 Å². The molecule has 0 spiro atoms. The molecule has 0 fully saturated rings. The first-order valence-electron chi connectivity index (χ1n) is 14.3. The van der Waals surface area contributed by atoms with Gasteiger partial charge in [0.15, 0.2) is 0 Å². The highest BCUT2D eigenvalue weighted by Crippen LogP contribution is 2.20. The second-order valence-corrected chi connectivity index (χ2v) is 10.9. The van der Waals surface area contributed by atoms with Crippen molar-refractivity contribution < 1.29 is 38.7 Å². The minimum absolute atomic E-state index is 0.0346. The molecule has 0 saturated carbocycles. The average Bonchev–Trinajstić information content (AvgIpc) is 2.98. The van der Waals surface area contributed by atoms with Gasteiger partial charge >= 0.3 is 5.97 Å². The molecule has 45 heavy (non-hydrogen) atoms. The van der Waals surface area contributed by atoms with E-state index in [9.17, 15) is 33.6 Å². The third kappa shape index (κ3) is 12.1. The van der Waals surface area contributed by atoms with Gasteiger partial charge in [-0.05, 0) is 29.5 Å². The van der Waals surface area contributed by atoms with Crippen LogP contribution in [0.5, 0.6) is 0 Å². The summed E-state index contributed by atoms with van der Waals surface area (Å²) in [4.78, 5) is 86.0. The van der Waals surface area contributed by atoms with Gasteiger partial charge in [0.2, 0.25) is 35.4 Å². The maximum atomic E-state index is 13.4. The van der Waals surface area contributed by atoms with Gasteiger partial charge in [0, 0.05) is 12.8 Å². The van der Waals surface area contributed by atoms with Gasteiger partial charge in [-0.15, -0.1) is 0 Å². The molecule has 0 aliphatic carbocycles. The van der Waals surface area contributed by atoms with Crippen molar-refractivity contribution in [2.45, 2.75) is 70.6 Å². The van der Waals surface area contributed by atoms with Gasteiger partial charge < -0.3 is 37.8 Å². The van der Waals surface area contributed by atoms with Crippen molar-refractivity contribution in [1.82, 2.24) is 21.3 Å². The molecule has 9 N–H and O–H groups in total. The SMILES string of the molecule is CC(NC(=O)C(CC(N)=O)NC(=O)C(Cc1ccc(-c2ccccc2)cc1)NC(=O)CCC(=O)O)C(=O)NC(C(N)=O)C(C)C. The summed E-state index contributed by atoms with van der Waals surface area (Å²) >= 11 is 0. The number of rotatable bonds is 17. The average molecular weight is 625 g/mol. The number of primary amides is 2. The minimum atomic E-state index is -1.53. The lowest BCUT2D eigenvalue weighted by atomic mass is 9.99. The second-order valence-electron chi connectivity index (χ2n) is 10.9. The van der Waals surface area contributed by atoms with Crippen molar-refractivity contribution in [2.24, 2.45) is 17.4 Å². The zero-order valence-electron chi connectivity index (χ0n) is 25.4. The number of aliphatic carboxylic acids is 1. The number of carbonyl (C=O) groups excluding carboxylic acids is 6. The van der Waals surface area contributed by atoms with Gasteiger partial charge in [-0.1, -0.05) is 68.4 Å². The van der Waals surface area contributed by atoms with E-state index in [4.69, 9.17) is 16.6 Å². The lowest BCUT2D eigenvalue weighted by Crippen LogP contribution is -2.58. The summed E-state index contributed by atoms with van der Waals surface area (Å²) in [5, 5.41) is 18.7. The number of nitrogens with two attached hydrogens (primary N) is 2. The normalized spacial score (nSPS) is 13.4. The second kappa shape index (κ2) is 17.1. The number of nitrogens with one attached hydrogen (secondary N) is 4. The molecule has 2 rings (SSSR count). The van der Waals surface area contributed by atoms with Crippen LogP contribution in [0.3, 0.4) is 0 Å². The number of carboxylic acids is 1. The summed E-state index contributed by atoms with van der Waals surface area (Å²) in [6, 6.07) is 11.8. The summed E-state index contributed by atoms with van der Waals surface area (Å²) in [5.41, 5.74) is 13.2. The van der Waals surface area contributed by atoms with Gasteiger partial charge in [0.05, 0.1) is 12.8 Å². The Morgan fingerprint density at radius 1 is 0.689 bits per heavy atom. The molecule has 0 saturated heterocycles. The van der Waals surface area contributed by atoms with Gasteiger partial charge in [0.25, 0.3) is 0 Å². The molecule has 2 aromatic rings. The van der Waals surface area contributed by atoms with Crippen LogP contribution in [0, 0.1) is 5.92 Å². The molecule has 4 atom stereocenters. The largest absolute Gasteiger partial charge is 0.481 e. The van der Waals surface area contributed by atoms with Gasteiger partial charge in [-0.2, -0.15) is 0 Å². The highest BCUT2D eigenvalue weighted by molar-refractivity contribution is 5.97. The summed E-state index contributed by atoms with van der Waals surface area (Å²) in [5.74, 6) is -6.43. The highest BCUT2D eigenvalue weighted by atomic mass is 16.4. The van der Waals surface area contributed by atoms with E-state index >= 15 is 0 Å². The first-order chi connectivity index (χ1) is 21.2. The maximum Gasteiger partial charge on any atom is 0.303 e. The number of hydrogen-bond donors (Lipinski definition) is 7. The third-order valence-corrected chi connectivity index (χ3v) is 6.78. The molecule has 0 aromatic heterocycles. The molecule has 14 heteroatoms. The highest BCUT2D eigenvalue weighted by Gasteiger charge is 2.31. The summed E-state index contributed by atoms with van der Waals surface area (Å²) in [6.45, 7) is 4.68. The third-order valence-electron chi connectivity index (χ3n) is 6.78. The maximum absolute atomic E-state index is 13.4. The van der Waals surface area contributed by atoms with Crippen molar-refractivity contribution >= 4 is 41.4 Å². The van der Waals surface area contributed by atoms with Crippen molar-refractivity contribution in [3.05, 3.63) is 60.2 Å². The van der Waals surface area contributed by atoms with E-state index in [1.165, 1.54) is 6.92 Å². The molecular weight excluding hydrogens is 584 g/mol. The van der Waals surface area contributed by atoms with Crippen LogP contribution in [0.25, 0.3) is 11.1 Å². The van der Waals surface area contributed by atoms with Crippen LogP contribution >= 0.6 is 0 Å². The molecule has 0 heterocycles. The van der Waals surface area contributed by atoms with E-state index in [0.717, 1.165) is 11.1 Å². The van der Waals surface area contributed by atoms with Crippen molar-refractivity contribution in [3.8, 4) is 11.1 Å². The molecule has 0 aliphatic rings. The Kier molecular flexibility index (Phi) is 13.7. The Morgan fingerprint density at radius 2 is 1.27 bits per heavy atom. The van der Waals surface area contributed by atoms with Gasteiger partial charge in [0.1, 0.15) is 24.2 Å². The zero-order valence-corrected chi connectivity index (χ0v) is 25.4. The van der Waals surface area contributed by atoms with E-state index < -0.39 is 84.8 Å². The fraction of sp³-hybridized carbons (Fsp3) is 0.387. The Hall–Kier alpha value is -5.27. The molecule has 0 aliphatic heterocycles.